The van der Waals surface area contributed by atoms with Crippen LogP contribution in [-0.4, -0.2) is 4.57 Å². The van der Waals surface area contributed by atoms with Crippen molar-refractivity contribution in [3.8, 4) is 27.9 Å². The van der Waals surface area contributed by atoms with Crippen molar-refractivity contribution in [2.24, 2.45) is 0 Å². The van der Waals surface area contributed by atoms with Gasteiger partial charge in [-0.15, -0.1) is 11.3 Å². The van der Waals surface area contributed by atoms with Gasteiger partial charge >= 0.3 is 0 Å². The first-order valence-corrected chi connectivity index (χ1v) is 17.0. The van der Waals surface area contributed by atoms with Gasteiger partial charge in [0, 0.05) is 22.4 Å². The Kier molecular flexibility index (Phi) is 7.81. The number of para-hydroxylation sites is 1. The van der Waals surface area contributed by atoms with Gasteiger partial charge in [0.15, 0.2) is 0 Å². The molecule has 0 spiro atoms. The highest BCUT2D eigenvalue weighted by molar-refractivity contribution is 7.24. The zero-order valence-corrected chi connectivity index (χ0v) is 27.6. The summed E-state index contributed by atoms with van der Waals surface area (Å²) < 4.78 is 3.68. The summed E-state index contributed by atoms with van der Waals surface area (Å²) in [6, 6.07) is 56.8. The fourth-order valence-electron chi connectivity index (χ4n) is 6.50. The third kappa shape index (κ3) is 5.45. The minimum Gasteiger partial charge on any atom is -0.308 e. The van der Waals surface area contributed by atoms with E-state index in [1.54, 1.807) is 0 Å². The fourth-order valence-corrected chi connectivity index (χ4v) is 7.71. The van der Waals surface area contributed by atoms with Crippen LogP contribution in [0.5, 0.6) is 0 Å². The van der Waals surface area contributed by atoms with Crippen LogP contribution >= 0.6 is 11.3 Å². The second-order valence-electron chi connectivity index (χ2n) is 11.9. The molecule has 0 unspecified atom stereocenters. The van der Waals surface area contributed by atoms with Crippen molar-refractivity contribution in [2.45, 2.75) is 6.92 Å². The first kappa shape index (κ1) is 29.5. The van der Waals surface area contributed by atoms with E-state index in [9.17, 15) is 0 Å². The molecule has 0 aliphatic carbocycles. The molecular formula is C45H34N2S. The topological polar surface area (TPSA) is 8.17 Å². The van der Waals surface area contributed by atoms with Crippen molar-refractivity contribution in [3.63, 3.8) is 0 Å². The van der Waals surface area contributed by atoms with Crippen LogP contribution < -0.4 is 4.90 Å². The quantitative estimate of drug-likeness (QED) is 0.151. The number of aryl methyl sites for hydroxylation is 1. The summed E-state index contributed by atoms with van der Waals surface area (Å²) in [4.78, 5) is 2.39. The lowest BCUT2D eigenvalue weighted by molar-refractivity contribution is 1.18. The number of thiophene rings is 1. The molecule has 3 heteroatoms. The van der Waals surface area contributed by atoms with E-state index < -0.39 is 0 Å². The lowest BCUT2D eigenvalue weighted by atomic mass is 10.0. The number of fused-ring (bicyclic) bond motifs is 3. The maximum Gasteiger partial charge on any atom is 0.103 e. The van der Waals surface area contributed by atoms with E-state index in [0.717, 1.165) is 22.1 Å². The Hall–Kier alpha value is -5.90. The summed E-state index contributed by atoms with van der Waals surface area (Å²) in [7, 11) is 0. The summed E-state index contributed by atoms with van der Waals surface area (Å²) >= 11 is 1.84. The van der Waals surface area contributed by atoms with Gasteiger partial charge in [0.2, 0.25) is 0 Å². The number of hydrogen-bond acceptors (Lipinski definition) is 2. The van der Waals surface area contributed by atoms with Crippen LogP contribution in [0.3, 0.4) is 0 Å². The number of rotatable bonds is 8. The number of benzene rings is 6. The Labute approximate surface area is 285 Å². The molecule has 8 aromatic rings. The Balaban J connectivity index is 1.29. The number of hydrogen-bond donors (Lipinski definition) is 0. The predicted octanol–water partition coefficient (Wildman–Crippen LogP) is 13.2. The zero-order valence-electron chi connectivity index (χ0n) is 26.8. The molecule has 8 rings (SSSR count). The molecule has 0 aliphatic rings. The lowest BCUT2D eigenvalue weighted by Gasteiger charge is -2.25. The minimum atomic E-state index is 1.11. The van der Waals surface area contributed by atoms with Crippen LogP contribution in [0.1, 0.15) is 11.1 Å². The average molecular weight is 635 g/mol. The molecular weight excluding hydrogens is 601 g/mol. The highest BCUT2D eigenvalue weighted by Gasteiger charge is 2.21. The van der Waals surface area contributed by atoms with Crippen LogP contribution in [0, 0.1) is 6.92 Å². The molecule has 230 valence electrons. The first-order chi connectivity index (χ1) is 23.7. The van der Waals surface area contributed by atoms with Gasteiger partial charge in [0.05, 0.1) is 15.7 Å². The second-order valence-corrected chi connectivity index (χ2v) is 13.0. The van der Waals surface area contributed by atoms with Crippen LogP contribution in [0.2, 0.25) is 0 Å². The maximum absolute atomic E-state index is 3.89. The van der Waals surface area contributed by atoms with E-state index in [2.05, 4.69) is 187 Å². The summed E-state index contributed by atoms with van der Waals surface area (Å²) in [6.45, 7) is 6.05. The molecule has 0 saturated heterocycles. The third-order valence-corrected chi connectivity index (χ3v) is 10.1. The van der Waals surface area contributed by atoms with E-state index in [1.165, 1.54) is 54.5 Å². The monoisotopic (exact) mass is 634 g/mol. The molecule has 2 aromatic heterocycles. The molecule has 0 saturated carbocycles. The first-order valence-electron chi connectivity index (χ1n) is 16.2. The zero-order chi connectivity index (χ0) is 32.5. The summed E-state index contributed by atoms with van der Waals surface area (Å²) in [5.41, 5.74) is 13.0. The van der Waals surface area contributed by atoms with Crippen LogP contribution in [0.15, 0.2) is 176 Å². The SMILES string of the molecule is C=C/C=C\c1cc(N(c2ccc(-c3ccccc3)cc2)c2cc3c(s2)c2ccccc2n3-c2ccc(-c3ccccc3)cc2)ccc1C. The van der Waals surface area contributed by atoms with Gasteiger partial charge < -0.3 is 9.47 Å². The highest BCUT2D eigenvalue weighted by Crippen LogP contribution is 2.46. The molecule has 0 N–H and O–H groups in total. The summed E-state index contributed by atoms with van der Waals surface area (Å²) in [5, 5.41) is 2.42. The van der Waals surface area contributed by atoms with E-state index in [4.69, 9.17) is 0 Å². The largest absolute Gasteiger partial charge is 0.308 e. The van der Waals surface area contributed by atoms with Crippen molar-refractivity contribution in [1.82, 2.24) is 4.57 Å². The lowest BCUT2D eigenvalue weighted by Crippen LogP contribution is -2.09. The molecule has 48 heavy (non-hydrogen) atoms. The third-order valence-electron chi connectivity index (χ3n) is 8.95. The highest BCUT2D eigenvalue weighted by atomic mass is 32.1. The molecule has 0 atom stereocenters. The molecule has 2 nitrogen and oxygen atoms in total. The fraction of sp³-hybridized carbons (Fsp3) is 0.0222. The van der Waals surface area contributed by atoms with Crippen molar-refractivity contribution in [3.05, 3.63) is 188 Å². The Morgan fingerprint density at radius 1 is 0.583 bits per heavy atom. The van der Waals surface area contributed by atoms with E-state index in [1.807, 2.05) is 23.5 Å². The van der Waals surface area contributed by atoms with E-state index in [-0.39, 0.29) is 0 Å². The van der Waals surface area contributed by atoms with E-state index in [0.29, 0.717) is 0 Å². The molecule has 6 aromatic carbocycles. The van der Waals surface area contributed by atoms with Gasteiger partial charge in [0.25, 0.3) is 0 Å². The summed E-state index contributed by atoms with van der Waals surface area (Å²) in [6.07, 6.45) is 5.96. The maximum atomic E-state index is 3.89. The van der Waals surface area contributed by atoms with Crippen LogP contribution in [-0.2, 0) is 0 Å². The Morgan fingerprint density at radius 3 is 1.83 bits per heavy atom. The molecule has 0 radical (unpaired) electrons. The Bertz CT molecular complexity index is 2390. The molecule has 0 aliphatic heterocycles. The van der Waals surface area contributed by atoms with Crippen molar-refractivity contribution < 1.29 is 0 Å². The normalized spacial score (nSPS) is 11.4. The molecule has 2 heterocycles. The van der Waals surface area contributed by atoms with E-state index >= 15 is 0 Å². The van der Waals surface area contributed by atoms with Crippen molar-refractivity contribution in [1.29, 1.82) is 0 Å². The van der Waals surface area contributed by atoms with Gasteiger partial charge in [-0.2, -0.15) is 0 Å². The molecule has 0 amide bonds. The Morgan fingerprint density at radius 2 is 1.17 bits per heavy atom. The van der Waals surface area contributed by atoms with Crippen molar-refractivity contribution in [2.75, 3.05) is 4.90 Å². The van der Waals surface area contributed by atoms with Gasteiger partial charge in [-0.05, 0) is 88.8 Å². The summed E-state index contributed by atoms with van der Waals surface area (Å²) in [5.74, 6) is 0. The minimum absolute atomic E-state index is 1.11. The smallest absolute Gasteiger partial charge is 0.103 e. The standard InChI is InChI=1S/C45H34N2S/c1-3-4-13-37-30-40(25-20-32(37)2)46(38-26-21-35(22-27-38)33-14-7-5-8-15-33)44-31-43-45(48-44)41-18-11-12-19-42(41)47(43)39-28-23-36(24-29-39)34-16-9-6-10-17-34/h3-31H,1H2,2H3/b13-4-. The number of aromatic nitrogens is 1. The van der Waals surface area contributed by atoms with Gasteiger partial charge in [0.1, 0.15) is 5.00 Å². The number of allylic oxidation sites excluding steroid dienone is 2. The average Bonchev–Trinajstić information content (AvgIpc) is 3.70. The molecule has 0 fully saturated rings. The molecule has 0 bridgehead atoms. The second kappa shape index (κ2) is 12.7. The number of nitrogens with zero attached hydrogens (tertiary/aromatic N) is 2. The van der Waals surface area contributed by atoms with Crippen molar-refractivity contribution >= 4 is 54.9 Å². The predicted molar refractivity (Wildman–Crippen MR) is 208 cm³/mol. The van der Waals surface area contributed by atoms with Gasteiger partial charge in [-0.25, -0.2) is 0 Å². The number of anilines is 3. The van der Waals surface area contributed by atoms with Crippen LogP contribution in [0.4, 0.5) is 16.4 Å². The van der Waals surface area contributed by atoms with Gasteiger partial charge in [-0.3, -0.25) is 0 Å². The van der Waals surface area contributed by atoms with Crippen LogP contribution in [0.25, 0.3) is 55.1 Å². The van der Waals surface area contributed by atoms with Gasteiger partial charge in [-0.1, -0.05) is 134 Å².